The summed E-state index contributed by atoms with van der Waals surface area (Å²) in [6.45, 7) is 0. The van der Waals surface area contributed by atoms with Crippen LogP contribution in [0.2, 0.25) is 0 Å². The molecule has 1 atom stereocenters. The predicted molar refractivity (Wildman–Crippen MR) is 66.8 cm³/mol. The second kappa shape index (κ2) is 5.36. The Hall–Kier alpha value is -1.60. The van der Waals surface area contributed by atoms with Crippen LogP contribution in [-0.2, 0) is 0 Å². The molecule has 0 aliphatic rings. The van der Waals surface area contributed by atoms with E-state index in [0.717, 1.165) is 0 Å². The summed E-state index contributed by atoms with van der Waals surface area (Å²) >= 11 is 0. The van der Waals surface area contributed by atoms with Crippen LogP contribution in [0.1, 0.15) is 11.5 Å². The summed E-state index contributed by atoms with van der Waals surface area (Å²) in [5.74, 6) is -0.793. The van der Waals surface area contributed by atoms with Gasteiger partial charge in [0.15, 0.2) is 0 Å². The lowest BCUT2D eigenvalue weighted by molar-refractivity contribution is 0.369. The maximum absolute atomic E-state index is 9.44. The molecule has 0 radical (unpaired) electrons. The average molecular weight is 246 g/mol. The highest BCUT2D eigenvalue weighted by molar-refractivity contribution is 6.58. The van der Waals surface area contributed by atoms with Crippen molar-refractivity contribution in [2.75, 3.05) is 0 Å². The first-order valence-electron chi connectivity index (χ1n) is 5.41. The van der Waals surface area contributed by atoms with Gasteiger partial charge in [-0.3, -0.25) is 4.68 Å². The Labute approximate surface area is 104 Å². The fourth-order valence-corrected chi connectivity index (χ4v) is 1.75. The molecule has 0 aliphatic carbocycles. The van der Waals surface area contributed by atoms with E-state index in [1.165, 1.54) is 17.1 Å². The van der Waals surface area contributed by atoms with Gasteiger partial charge in [-0.2, -0.15) is 5.10 Å². The van der Waals surface area contributed by atoms with Gasteiger partial charge in [0.25, 0.3) is 0 Å². The summed E-state index contributed by atoms with van der Waals surface area (Å²) < 4.78 is 1.29. The molecule has 6 nitrogen and oxygen atoms in total. The van der Waals surface area contributed by atoms with Crippen molar-refractivity contribution in [2.45, 2.75) is 5.94 Å². The molecule has 8 heteroatoms. The second-order valence-electron chi connectivity index (χ2n) is 3.90. The van der Waals surface area contributed by atoms with Crippen molar-refractivity contribution in [1.82, 2.24) is 9.78 Å². The van der Waals surface area contributed by atoms with Crippen molar-refractivity contribution in [1.29, 1.82) is 0 Å². The molecule has 1 aromatic heterocycles. The smallest absolute Gasteiger partial charge is 0.425 e. The van der Waals surface area contributed by atoms with Gasteiger partial charge >= 0.3 is 14.2 Å². The van der Waals surface area contributed by atoms with Crippen molar-refractivity contribution in [3.8, 4) is 0 Å². The quantitative estimate of drug-likeness (QED) is 0.475. The molecule has 0 unspecified atom stereocenters. The largest absolute Gasteiger partial charge is 0.491 e. The van der Waals surface area contributed by atoms with Gasteiger partial charge in [-0.15, -0.1) is 0 Å². The lowest BCUT2D eigenvalue weighted by Gasteiger charge is -2.16. The normalized spacial score (nSPS) is 12.2. The molecule has 92 valence electrons. The summed E-state index contributed by atoms with van der Waals surface area (Å²) in [5.41, 5.74) is 0.853. The zero-order valence-corrected chi connectivity index (χ0v) is 9.46. The van der Waals surface area contributed by atoms with E-state index in [1.807, 2.05) is 6.07 Å². The molecule has 0 saturated heterocycles. The first-order chi connectivity index (χ1) is 8.59. The summed E-state index contributed by atoms with van der Waals surface area (Å²) in [6, 6.07) is 8.84. The Kier molecular flexibility index (Phi) is 3.83. The van der Waals surface area contributed by atoms with E-state index < -0.39 is 20.2 Å². The summed E-state index contributed by atoms with van der Waals surface area (Å²) in [5, 5.41) is 40.8. The lowest BCUT2D eigenvalue weighted by atomic mass is 9.75. The van der Waals surface area contributed by atoms with Gasteiger partial charge in [0.2, 0.25) is 0 Å². The first kappa shape index (κ1) is 12.8. The number of benzene rings is 1. The van der Waals surface area contributed by atoms with Crippen molar-refractivity contribution in [3.63, 3.8) is 0 Å². The van der Waals surface area contributed by atoms with Gasteiger partial charge in [-0.1, -0.05) is 30.3 Å². The standard InChI is InChI=1S/C10H12B2N2O4/c15-11(16)9-6-13-14(7-9)10(12(17)18)8-4-2-1-3-5-8/h1-7,10,15-18H/t10-/m0/s1. The highest BCUT2D eigenvalue weighted by Crippen LogP contribution is 2.17. The summed E-state index contributed by atoms with van der Waals surface area (Å²) in [4.78, 5) is 0. The predicted octanol–water partition coefficient (Wildman–Crippen LogP) is -1.84. The second-order valence-corrected chi connectivity index (χ2v) is 3.90. The van der Waals surface area contributed by atoms with Crippen LogP contribution < -0.4 is 5.46 Å². The highest BCUT2D eigenvalue weighted by atomic mass is 16.4. The van der Waals surface area contributed by atoms with Gasteiger partial charge in [0.05, 0.1) is 0 Å². The Bertz CT molecular complexity index is 504. The van der Waals surface area contributed by atoms with Crippen molar-refractivity contribution < 1.29 is 20.1 Å². The Morgan fingerprint density at radius 3 is 2.22 bits per heavy atom. The SMILES string of the molecule is OB(O)c1cnn([C@H](B(O)O)c2ccccc2)c1. The third-order valence-corrected chi connectivity index (χ3v) is 2.63. The van der Waals surface area contributed by atoms with Gasteiger partial charge in [0.1, 0.15) is 5.94 Å². The molecule has 0 bridgehead atoms. The molecule has 0 aliphatic heterocycles. The van der Waals surface area contributed by atoms with Crippen LogP contribution in [-0.4, -0.2) is 44.1 Å². The van der Waals surface area contributed by atoms with Crippen LogP contribution in [0, 0.1) is 0 Å². The number of aromatic nitrogens is 2. The summed E-state index contributed by atoms with van der Waals surface area (Å²) in [6.07, 6.45) is 2.63. The third-order valence-electron chi connectivity index (χ3n) is 2.63. The molecule has 0 spiro atoms. The minimum atomic E-state index is -1.64. The van der Waals surface area contributed by atoms with Gasteiger partial charge < -0.3 is 20.1 Å². The van der Waals surface area contributed by atoms with Crippen LogP contribution in [0.3, 0.4) is 0 Å². The molecular formula is C10H12B2N2O4. The first-order valence-corrected chi connectivity index (χ1v) is 5.41. The van der Waals surface area contributed by atoms with Crippen molar-refractivity contribution >= 4 is 19.7 Å². The zero-order chi connectivity index (χ0) is 13.1. The van der Waals surface area contributed by atoms with Crippen molar-refractivity contribution in [3.05, 3.63) is 48.3 Å². The van der Waals surface area contributed by atoms with Gasteiger partial charge in [0, 0.05) is 17.9 Å². The Morgan fingerprint density at radius 2 is 1.72 bits per heavy atom. The van der Waals surface area contributed by atoms with Gasteiger partial charge in [-0.25, -0.2) is 0 Å². The fraction of sp³-hybridized carbons (Fsp3) is 0.100. The number of rotatable bonds is 4. The summed E-state index contributed by atoms with van der Waals surface area (Å²) in [7, 11) is -3.28. The van der Waals surface area contributed by atoms with E-state index in [1.54, 1.807) is 24.3 Å². The van der Waals surface area contributed by atoms with Gasteiger partial charge in [-0.05, 0) is 5.56 Å². The maximum Gasteiger partial charge on any atom is 0.491 e. The average Bonchev–Trinajstić information content (AvgIpc) is 2.79. The topological polar surface area (TPSA) is 98.7 Å². The molecule has 0 fully saturated rings. The molecule has 1 aromatic carbocycles. The van der Waals surface area contributed by atoms with E-state index in [9.17, 15) is 10.0 Å². The third kappa shape index (κ3) is 2.62. The van der Waals surface area contributed by atoms with Crippen molar-refractivity contribution in [2.24, 2.45) is 0 Å². The highest BCUT2D eigenvalue weighted by Gasteiger charge is 2.28. The molecule has 1 heterocycles. The minimum absolute atomic E-state index is 0.191. The minimum Gasteiger partial charge on any atom is -0.425 e. The number of hydrogen-bond acceptors (Lipinski definition) is 5. The van der Waals surface area contributed by atoms with E-state index in [4.69, 9.17) is 10.0 Å². The van der Waals surface area contributed by atoms with Crippen LogP contribution in [0.4, 0.5) is 0 Å². The van der Waals surface area contributed by atoms with Crippen LogP contribution in [0.5, 0.6) is 0 Å². The molecule has 18 heavy (non-hydrogen) atoms. The van der Waals surface area contributed by atoms with E-state index in [-0.39, 0.29) is 5.46 Å². The molecule has 2 rings (SSSR count). The molecule has 0 saturated carbocycles. The number of hydrogen-bond donors (Lipinski definition) is 4. The lowest BCUT2D eigenvalue weighted by Crippen LogP contribution is -2.32. The Balaban J connectivity index is 2.36. The molecular weight excluding hydrogens is 234 g/mol. The van der Waals surface area contributed by atoms with E-state index in [0.29, 0.717) is 5.56 Å². The fourth-order valence-electron chi connectivity index (χ4n) is 1.75. The molecule has 2 aromatic rings. The maximum atomic E-state index is 9.44. The van der Waals surface area contributed by atoms with Crippen LogP contribution in [0.25, 0.3) is 0 Å². The Morgan fingerprint density at radius 1 is 1.06 bits per heavy atom. The zero-order valence-electron chi connectivity index (χ0n) is 9.46. The van der Waals surface area contributed by atoms with E-state index >= 15 is 0 Å². The molecule has 0 amide bonds. The monoisotopic (exact) mass is 246 g/mol. The van der Waals surface area contributed by atoms with Crippen LogP contribution in [0.15, 0.2) is 42.7 Å². The molecule has 4 N–H and O–H groups in total. The van der Waals surface area contributed by atoms with E-state index in [2.05, 4.69) is 5.10 Å². The number of nitrogens with zero attached hydrogens (tertiary/aromatic N) is 2. The van der Waals surface area contributed by atoms with Crippen LogP contribution >= 0.6 is 0 Å².